The smallest absolute Gasteiger partial charge is 0.144 e. The van der Waals surface area contributed by atoms with E-state index in [4.69, 9.17) is 4.42 Å². The van der Waals surface area contributed by atoms with Crippen LogP contribution in [0, 0.1) is 0 Å². The van der Waals surface area contributed by atoms with Crippen LogP contribution in [0.15, 0.2) is 34.1 Å². The summed E-state index contributed by atoms with van der Waals surface area (Å²) in [4.78, 5) is 1.17. The van der Waals surface area contributed by atoms with Crippen molar-refractivity contribution in [2.45, 2.75) is 5.75 Å². The van der Waals surface area contributed by atoms with Gasteiger partial charge in [0, 0.05) is 5.75 Å². The van der Waals surface area contributed by atoms with E-state index >= 15 is 0 Å². The summed E-state index contributed by atoms with van der Waals surface area (Å²) in [6.45, 7) is 0. The molecule has 0 fully saturated rings. The van der Waals surface area contributed by atoms with Crippen molar-refractivity contribution in [3.05, 3.63) is 35.4 Å². The first kappa shape index (κ1) is 7.95. The lowest BCUT2D eigenvalue weighted by molar-refractivity contribution is 0.546. The largest absolute Gasteiger partial charge is 0.459 e. The van der Waals surface area contributed by atoms with Gasteiger partial charge in [0.2, 0.25) is 0 Å². The first-order valence-electron chi connectivity index (χ1n) is 3.63. The van der Waals surface area contributed by atoms with E-state index in [1.165, 1.54) is 4.88 Å². The summed E-state index contributed by atoms with van der Waals surface area (Å²) in [6, 6.07) is 8.01. The number of rotatable bonds is 2. The molecule has 2 heterocycles. The molecule has 0 bridgehead atoms. The zero-order valence-electron chi connectivity index (χ0n) is 6.36. The van der Waals surface area contributed by atoms with E-state index < -0.39 is 0 Å². The van der Waals surface area contributed by atoms with Gasteiger partial charge in [-0.05, 0) is 23.6 Å². The van der Waals surface area contributed by atoms with Crippen LogP contribution in [0.4, 0.5) is 0 Å². The summed E-state index contributed by atoms with van der Waals surface area (Å²) in [6.07, 6.45) is 0. The summed E-state index contributed by atoms with van der Waals surface area (Å²) >= 11 is 5.81. The van der Waals surface area contributed by atoms with Gasteiger partial charge in [0.15, 0.2) is 0 Å². The van der Waals surface area contributed by atoms with Crippen molar-refractivity contribution in [3.8, 4) is 10.6 Å². The van der Waals surface area contributed by atoms with E-state index in [0.717, 1.165) is 11.5 Å². The van der Waals surface area contributed by atoms with Crippen molar-refractivity contribution >= 4 is 24.0 Å². The highest BCUT2D eigenvalue weighted by Gasteiger charge is 2.03. The second kappa shape index (κ2) is 3.37. The molecule has 2 aromatic heterocycles. The molecule has 2 rings (SSSR count). The van der Waals surface area contributed by atoms with E-state index in [0.29, 0.717) is 5.75 Å². The van der Waals surface area contributed by atoms with Crippen molar-refractivity contribution in [1.29, 1.82) is 0 Å². The van der Waals surface area contributed by atoms with E-state index in [1.807, 2.05) is 29.6 Å². The lowest BCUT2D eigenvalue weighted by Gasteiger charge is -1.89. The highest BCUT2D eigenvalue weighted by molar-refractivity contribution is 7.79. The van der Waals surface area contributed by atoms with Crippen LogP contribution in [0.5, 0.6) is 0 Å². The number of hydrogen-bond acceptors (Lipinski definition) is 3. The van der Waals surface area contributed by atoms with Gasteiger partial charge in [0.05, 0.1) is 4.88 Å². The quantitative estimate of drug-likeness (QED) is 0.726. The fourth-order valence-electron chi connectivity index (χ4n) is 1.01. The van der Waals surface area contributed by atoms with Crippen LogP contribution in [0.1, 0.15) is 5.76 Å². The molecule has 0 radical (unpaired) electrons. The molecule has 12 heavy (non-hydrogen) atoms. The summed E-state index contributed by atoms with van der Waals surface area (Å²) < 4.78 is 5.51. The molecule has 0 spiro atoms. The molecule has 0 aliphatic carbocycles. The first-order valence-corrected chi connectivity index (χ1v) is 5.15. The van der Waals surface area contributed by atoms with Crippen LogP contribution in [-0.4, -0.2) is 0 Å². The summed E-state index contributed by atoms with van der Waals surface area (Å²) in [5.74, 6) is 2.52. The Bertz CT molecular complexity index is 348. The van der Waals surface area contributed by atoms with Crippen molar-refractivity contribution in [2.24, 2.45) is 0 Å². The molecule has 62 valence electrons. The maximum absolute atomic E-state index is 5.51. The van der Waals surface area contributed by atoms with E-state index in [1.54, 1.807) is 11.3 Å². The van der Waals surface area contributed by atoms with Crippen LogP contribution in [-0.2, 0) is 5.75 Å². The van der Waals surface area contributed by atoms with Crippen LogP contribution >= 0.6 is 24.0 Å². The predicted molar refractivity (Wildman–Crippen MR) is 54.7 cm³/mol. The summed E-state index contributed by atoms with van der Waals surface area (Å²) in [7, 11) is 0. The lowest BCUT2D eigenvalue weighted by atomic mass is 10.4. The van der Waals surface area contributed by atoms with Gasteiger partial charge in [-0.15, -0.1) is 11.3 Å². The van der Waals surface area contributed by atoms with Crippen molar-refractivity contribution in [1.82, 2.24) is 0 Å². The van der Waals surface area contributed by atoms with Crippen LogP contribution < -0.4 is 0 Å². The van der Waals surface area contributed by atoms with Crippen molar-refractivity contribution in [3.63, 3.8) is 0 Å². The Hall–Kier alpha value is -0.670. The van der Waals surface area contributed by atoms with Gasteiger partial charge in [-0.3, -0.25) is 0 Å². The minimum absolute atomic E-state index is 0.658. The maximum Gasteiger partial charge on any atom is 0.144 e. The third kappa shape index (κ3) is 1.42. The molecule has 0 aromatic carbocycles. The average molecular weight is 196 g/mol. The highest BCUT2D eigenvalue weighted by atomic mass is 32.1. The van der Waals surface area contributed by atoms with Crippen LogP contribution in [0.3, 0.4) is 0 Å². The molecule has 0 aliphatic rings. The lowest BCUT2D eigenvalue weighted by Crippen LogP contribution is -1.65. The molecule has 0 unspecified atom stereocenters. The average Bonchev–Trinajstić information content (AvgIpc) is 2.75. The van der Waals surface area contributed by atoms with Gasteiger partial charge in [0.1, 0.15) is 11.5 Å². The SMILES string of the molecule is SCc1ccc(-c2cccs2)o1. The highest BCUT2D eigenvalue weighted by Crippen LogP contribution is 2.26. The third-order valence-electron chi connectivity index (χ3n) is 1.58. The van der Waals surface area contributed by atoms with Gasteiger partial charge < -0.3 is 4.42 Å². The zero-order valence-corrected chi connectivity index (χ0v) is 8.07. The molecular weight excluding hydrogens is 188 g/mol. The molecule has 0 aliphatic heterocycles. The van der Waals surface area contributed by atoms with Crippen molar-refractivity contribution < 1.29 is 4.42 Å². The van der Waals surface area contributed by atoms with Gasteiger partial charge in [-0.2, -0.15) is 12.6 Å². The topological polar surface area (TPSA) is 13.1 Å². The minimum atomic E-state index is 0.658. The van der Waals surface area contributed by atoms with Crippen molar-refractivity contribution in [2.75, 3.05) is 0 Å². The Morgan fingerprint density at radius 1 is 1.33 bits per heavy atom. The predicted octanol–water partition coefficient (Wildman–Crippen LogP) is 3.44. The van der Waals surface area contributed by atoms with Crippen LogP contribution in [0.25, 0.3) is 10.6 Å². The number of hydrogen-bond donors (Lipinski definition) is 1. The second-order valence-electron chi connectivity index (χ2n) is 2.40. The first-order chi connectivity index (χ1) is 5.90. The minimum Gasteiger partial charge on any atom is -0.459 e. The van der Waals surface area contributed by atoms with Gasteiger partial charge in [-0.25, -0.2) is 0 Å². The van der Waals surface area contributed by atoms with Gasteiger partial charge in [0.25, 0.3) is 0 Å². The molecule has 2 aromatic rings. The fraction of sp³-hybridized carbons (Fsp3) is 0.111. The Morgan fingerprint density at radius 2 is 2.25 bits per heavy atom. The van der Waals surface area contributed by atoms with Gasteiger partial charge >= 0.3 is 0 Å². The Kier molecular flexibility index (Phi) is 2.23. The third-order valence-corrected chi connectivity index (χ3v) is 2.78. The normalized spacial score (nSPS) is 10.4. The molecule has 0 saturated heterocycles. The molecule has 1 nitrogen and oxygen atoms in total. The monoisotopic (exact) mass is 196 g/mol. The molecule has 0 N–H and O–H groups in total. The van der Waals surface area contributed by atoms with E-state index in [-0.39, 0.29) is 0 Å². The Balaban J connectivity index is 2.35. The molecule has 3 heteroatoms. The fourth-order valence-corrected chi connectivity index (χ4v) is 1.87. The standard InChI is InChI=1S/C9H8OS2/c11-6-7-3-4-8(10-7)9-2-1-5-12-9/h1-5,11H,6H2. The number of furan rings is 1. The number of thiophene rings is 1. The van der Waals surface area contributed by atoms with Crippen LogP contribution in [0.2, 0.25) is 0 Å². The number of thiol groups is 1. The summed E-state index contributed by atoms with van der Waals surface area (Å²) in [5, 5.41) is 2.04. The summed E-state index contributed by atoms with van der Waals surface area (Å²) in [5.41, 5.74) is 0. The molecule has 0 atom stereocenters. The molecular formula is C9H8OS2. The Labute approximate surface area is 80.4 Å². The maximum atomic E-state index is 5.51. The Morgan fingerprint density at radius 3 is 2.83 bits per heavy atom. The molecule has 0 amide bonds. The second-order valence-corrected chi connectivity index (χ2v) is 3.67. The van der Waals surface area contributed by atoms with E-state index in [2.05, 4.69) is 12.6 Å². The zero-order chi connectivity index (χ0) is 8.39. The van der Waals surface area contributed by atoms with Gasteiger partial charge in [-0.1, -0.05) is 6.07 Å². The van der Waals surface area contributed by atoms with E-state index in [9.17, 15) is 0 Å². The molecule has 0 saturated carbocycles.